The second-order valence-corrected chi connectivity index (χ2v) is 8.05. The third-order valence-electron chi connectivity index (χ3n) is 2.86. The van der Waals surface area contributed by atoms with Crippen LogP contribution in [-0.2, 0) is 23.0 Å². The Morgan fingerprint density at radius 1 is 1.38 bits per heavy atom. The number of nitrogens with one attached hydrogen (secondary N) is 2. The molecule has 0 fully saturated rings. The van der Waals surface area contributed by atoms with Crippen LogP contribution < -0.4 is 10.0 Å². The number of aryl methyl sites for hydroxylation is 1. The van der Waals surface area contributed by atoms with Crippen LogP contribution in [0.4, 0.5) is 0 Å². The molecule has 0 amide bonds. The van der Waals surface area contributed by atoms with Crippen LogP contribution in [0, 0.1) is 6.92 Å². The smallest absolute Gasteiger partial charge is 0.244 e. The van der Waals surface area contributed by atoms with Gasteiger partial charge in [-0.1, -0.05) is 11.6 Å². The molecule has 0 spiro atoms. The number of hydrogen-bond donors (Lipinski definition) is 2. The van der Waals surface area contributed by atoms with Crippen LogP contribution in [0.1, 0.15) is 16.4 Å². The molecule has 0 saturated carbocycles. The third kappa shape index (κ3) is 4.31. The van der Waals surface area contributed by atoms with Crippen LogP contribution in [0.25, 0.3) is 0 Å². The summed E-state index contributed by atoms with van der Waals surface area (Å²) < 4.78 is 33.2. The van der Waals surface area contributed by atoms with Gasteiger partial charge in [0.25, 0.3) is 0 Å². The number of thiophene rings is 1. The van der Waals surface area contributed by atoms with Crippen molar-refractivity contribution in [3.05, 3.63) is 38.9 Å². The number of halogens is 1. The van der Waals surface area contributed by atoms with E-state index in [0.29, 0.717) is 35.4 Å². The maximum atomic E-state index is 12.3. The molecule has 0 unspecified atom stereocenters. The summed E-state index contributed by atoms with van der Waals surface area (Å²) in [5.41, 5.74) is 0. The van der Waals surface area contributed by atoms with Crippen molar-refractivity contribution in [2.75, 3.05) is 13.6 Å². The second-order valence-electron chi connectivity index (χ2n) is 4.52. The summed E-state index contributed by atoms with van der Waals surface area (Å²) in [7, 11) is -1.78. The molecule has 116 valence electrons. The zero-order valence-corrected chi connectivity index (χ0v) is 14.2. The lowest BCUT2D eigenvalue weighted by atomic mass is 10.3. The molecule has 0 saturated heterocycles. The van der Waals surface area contributed by atoms with Crippen LogP contribution in [0.3, 0.4) is 0 Å². The molecule has 2 rings (SSSR count). The highest BCUT2D eigenvalue weighted by atomic mass is 35.5. The van der Waals surface area contributed by atoms with Crippen molar-refractivity contribution in [1.82, 2.24) is 10.0 Å². The molecule has 2 heterocycles. The van der Waals surface area contributed by atoms with E-state index in [1.165, 1.54) is 11.3 Å². The number of sulfonamides is 1. The van der Waals surface area contributed by atoms with Gasteiger partial charge in [-0.15, -0.1) is 11.3 Å². The van der Waals surface area contributed by atoms with Gasteiger partial charge in [-0.05, 0) is 32.5 Å². The lowest BCUT2D eigenvalue weighted by molar-refractivity contribution is 0.465. The summed E-state index contributed by atoms with van der Waals surface area (Å²) in [5.74, 6) is 0.993. The molecule has 0 aliphatic heterocycles. The van der Waals surface area contributed by atoms with Crippen LogP contribution in [0.2, 0.25) is 4.34 Å². The van der Waals surface area contributed by atoms with Gasteiger partial charge in [0.1, 0.15) is 16.4 Å². The Hall–Kier alpha value is -0.860. The molecule has 0 aliphatic rings. The lowest BCUT2D eigenvalue weighted by Gasteiger charge is -2.04. The molecule has 21 heavy (non-hydrogen) atoms. The van der Waals surface area contributed by atoms with Gasteiger partial charge >= 0.3 is 0 Å². The second kappa shape index (κ2) is 6.93. The van der Waals surface area contributed by atoms with Gasteiger partial charge in [-0.3, -0.25) is 0 Å². The highest BCUT2D eigenvalue weighted by Crippen LogP contribution is 2.22. The Morgan fingerprint density at radius 3 is 2.76 bits per heavy atom. The molecule has 2 N–H and O–H groups in total. The minimum atomic E-state index is -3.55. The van der Waals surface area contributed by atoms with E-state index in [1.807, 2.05) is 6.07 Å². The van der Waals surface area contributed by atoms with Crippen molar-refractivity contribution in [3.63, 3.8) is 0 Å². The summed E-state index contributed by atoms with van der Waals surface area (Å²) in [4.78, 5) is 1.24. The first-order chi connectivity index (χ1) is 9.92. The zero-order chi connectivity index (χ0) is 15.5. The minimum Gasteiger partial charge on any atom is -0.464 e. The Bertz CT molecular complexity index is 707. The van der Waals surface area contributed by atoms with E-state index in [2.05, 4.69) is 10.0 Å². The average molecular weight is 349 g/mol. The molecule has 0 aromatic carbocycles. The average Bonchev–Trinajstić information content (AvgIpc) is 2.96. The molecule has 2 aromatic heterocycles. The van der Waals surface area contributed by atoms with E-state index in [9.17, 15) is 8.42 Å². The Kier molecular flexibility index (Phi) is 5.45. The predicted molar refractivity (Wildman–Crippen MR) is 84.4 cm³/mol. The van der Waals surface area contributed by atoms with Crippen molar-refractivity contribution in [2.45, 2.75) is 24.8 Å². The molecular weight excluding hydrogens is 332 g/mol. The predicted octanol–water partition coefficient (Wildman–Crippen LogP) is 2.54. The van der Waals surface area contributed by atoms with E-state index in [-0.39, 0.29) is 4.90 Å². The largest absolute Gasteiger partial charge is 0.464 e. The highest BCUT2D eigenvalue weighted by Gasteiger charge is 2.20. The first-order valence-electron chi connectivity index (χ1n) is 6.40. The summed E-state index contributed by atoms with van der Waals surface area (Å²) in [6, 6.07) is 5.26. The van der Waals surface area contributed by atoms with Crippen LogP contribution in [0.15, 0.2) is 27.5 Å². The van der Waals surface area contributed by atoms with E-state index >= 15 is 0 Å². The number of hydrogen-bond acceptors (Lipinski definition) is 5. The Morgan fingerprint density at radius 2 is 2.14 bits per heavy atom. The fraction of sp³-hybridized carbons (Fsp3) is 0.385. The Labute approximate surface area is 133 Å². The fourth-order valence-electron chi connectivity index (χ4n) is 1.92. The van der Waals surface area contributed by atoms with Gasteiger partial charge in [0.05, 0.1) is 10.9 Å². The van der Waals surface area contributed by atoms with E-state index in [0.717, 1.165) is 4.88 Å². The number of furan rings is 1. The first kappa shape index (κ1) is 16.5. The quantitative estimate of drug-likeness (QED) is 0.806. The van der Waals surface area contributed by atoms with Crippen molar-refractivity contribution < 1.29 is 12.8 Å². The molecule has 0 atom stereocenters. The van der Waals surface area contributed by atoms with Crippen LogP contribution >= 0.6 is 22.9 Å². The van der Waals surface area contributed by atoms with Crippen molar-refractivity contribution in [3.8, 4) is 0 Å². The topological polar surface area (TPSA) is 71.3 Å². The summed E-state index contributed by atoms with van der Waals surface area (Å²) in [5, 5.41) is 2.92. The van der Waals surface area contributed by atoms with Crippen LogP contribution in [0.5, 0.6) is 0 Å². The summed E-state index contributed by atoms with van der Waals surface area (Å²) in [6.07, 6.45) is 0.608. The molecule has 8 heteroatoms. The lowest BCUT2D eigenvalue weighted by Crippen LogP contribution is -2.26. The van der Waals surface area contributed by atoms with Gasteiger partial charge in [0, 0.05) is 17.5 Å². The molecule has 0 radical (unpaired) electrons. The monoisotopic (exact) mass is 348 g/mol. The normalized spacial score (nSPS) is 12.0. The minimum absolute atomic E-state index is 0.192. The van der Waals surface area contributed by atoms with Gasteiger partial charge < -0.3 is 9.73 Å². The maximum Gasteiger partial charge on any atom is 0.244 e. The van der Waals surface area contributed by atoms with E-state index < -0.39 is 10.0 Å². The third-order valence-corrected chi connectivity index (χ3v) is 5.72. The summed E-state index contributed by atoms with van der Waals surface area (Å²) in [6.45, 7) is 2.46. The molecular formula is C13H17ClN2O3S2. The van der Waals surface area contributed by atoms with Gasteiger partial charge in [-0.2, -0.15) is 0 Å². The SMILES string of the molecule is CNCc1cc(S(=O)(=O)NCCc2ccc(Cl)s2)c(C)o1. The van der Waals surface area contributed by atoms with Crippen LogP contribution in [-0.4, -0.2) is 22.0 Å². The Balaban J connectivity index is 2.01. The number of rotatable bonds is 7. The van der Waals surface area contributed by atoms with Gasteiger partial charge in [-0.25, -0.2) is 13.1 Å². The van der Waals surface area contributed by atoms with E-state index in [1.54, 1.807) is 26.1 Å². The van der Waals surface area contributed by atoms with Crippen molar-refractivity contribution in [1.29, 1.82) is 0 Å². The molecule has 2 aromatic rings. The molecule has 0 aliphatic carbocycles. The fourth-order valence-corrected chi connectivity index (χ4v) is 4.24. The van der Waals surface area contributed by atoms with E-state index in [4.69, 9.17) is 16.0 Å². The maximum absolute atomic E-state index is 12.3. The van der Waals surface area contributed by atoms with Crippen molar-refractivity contribution in [2.24, 2.45) is 0 Å². The molecule has 5 nitrogen and oxygen atoms in total. The molecule has 0 bridgehead atoms. The summed E-state index contributed by atoms with van der Waals surface area (Å²) >= 11 is 7.29. The van der Waals surface area contributed by atoms with Gasteiger partial charge in [0.15, 0.2) is 0 Å². The van der Waals surface area contributed by atoms with Crippen molar-refractivity contribution >= 4 is 33.0 Å². The van der Waals surface area contributed by atoms with Gasteiger partial charge in [0.2, 0.25) is 10.0 Å². The zero-order valence-electron chi connectivity index (χ0n) is 11.8. The highest BCUT2D eigenvalue weighted by molar-refractivity contribution is 7.89. The first-order valence-corrected chi connectivity index (χ1v) is 9.08. The standard InChI is InChI=1S/C13H17ClN2O3S2/c1-9-12(7-10(19-9)8-15-2)21(17,18)16-6-5-11-3-4-13(14)20-11/h3-4,7,15-16H,5-6,8H2,1-2H3.